The molecule has 2 heteroatoms. The van der Waals surface area contributed by atoms with Crippen LogP contribution in [0.1, 0.15) is 22.3 Å². The fourth-order valence-corrected chi connectivity index (χ4v) is 11.5. The van der Waals surface area contributed by atoms with E-state index in [0.717, 1.165) is 17.1 Å². The van der Waals surface area contributed by atoms with E-state index in [1.165, 1.54) is 86.9 Å². The normalized spacial score (nSPS) is 12.6. The Morgan fingerprint density at radius 3 is 1.59 bits per heavy atom. The summed E-state index contributed by atoms with van der Waals surface area (Å²) >= 11 is 1.88. The van der Waals surface area contributed by atoms with Crippen LogP contribution < -0.4 is 4.90 Å². The standard InChI is InChI=1S/C61H41NS/c1-5-19-42(20-6-1)43-35-37-47(38-36-43)62(48-39-40-56-54(41-48)49-27-13-15-32-55(49)61(56,45-23-9-3-10-24-45)46-25-11-4-12-26-46)57-33-18-29-51(59(57)44-21-7-2-8-22-44)53-31-17-30-52-50-28-14-16-34-58(50)63-60(52)53/h1-41H. The molecular formula is C61H41NS. The van der Waals surface area contributed by atoms with E-state index in [1.54, 1.807) is 0 Å². The molecule has 0 amide bonds. The van der Waals surface area contributed by atoms with Crippen LogP contribution in [0, 0.1) is 0 Å². The molecule has 1 aromatic heterocycles. The number of anilines is 3. The average molecular weight is 820 g/mol. The van der Waals surface area contributed by atoms with Crippen LogP contribution in [0.2, 0.25) is 0 Å². The van der Waals surface area contributed by atoms with Gasteiger partial charge in [-0.1, -0.05) is 212 Å². The van der Waals surface area contributed by atoms with E-state index in [2.05, 4.69) is 254 Å². The summed E-state index contributed by atoms with van der Waals surface area (Å²) in [5.41, 5.74) is 17.7. The van der Waals surface area contributed by atoms with Crippen molar-refractivity contribution < 1.29 is 0 Å². The van der Waals surface area contributed by atoms with Gasteiger partial charge >= 0.3 is 0 Å². The molecule has 12 rings (SSSR count). The molecule has 0 aliphatic heterocycles. The quantitative estimate of drug-likeness (QED) is 0.148. The second-order valence-corrected chi connectivity index (χ2v) is 17.4. The minimum Gasteiger partial charge on any atom is -0.310 e. The summed E-state index contributed by atoms with van der Waals surface area (Å²) in [5.74, 6) is 0. The van der Waals surface area contributed by atoms with E-state index in [-0.39, 0.29) is 0 Å². The largest absolute Gasteiger partial charge is 0.310 e. The van der Waals surface area contributed by atoms with Crippen molar-refractivity contribution in [2.45, 2.75) is 5.41 Å². The van der Waals surface area contributed by atoms with Gasteiger partial charge in [-0.2, -0.15) is 0 Å². The molecule has 1 aliphatic rings. The predicted octanol–water partition coefficient (Wildman–Crippen LogP) is 16.9. The van der Waals surface area contributed by atoms with Gasteiger partial charge in [0.2, 0.25) is 0 Å². The van der Waals surface area contributed by atoms with Crippen LogP contribution in [-0.4, -0.2) is 0 Å². The zero-order valence-corrected chi connectivity index (χ0v) is 35.3. The van der Waals surface area contributed by atoms with E-state index in [0.29, 0.717) is 0 Å². The summed E-state index contributed by atoms with van der Waals surface area (Å²) in [5, 5.41) is 2.60. The van der Waals surface area contributed by atoms with Gasteiger partial charge in [0, 0.05) is 42.7 Å². The summed E-state index contributed by atoms with van der Waals surface area (Å²) in [6, 6.07) is 91.5. The Morgan fingerprint density at radius 1 is 0.333 bits per heavy atom. The van der Waals surface area contributed by atoms with Crippen LogP contribution in [0.5, 0.6) is 0 Å². The zero-order valence-electron chi connectivity index (χ0n) is 34.5. The summed E-state index contributed by atoms with van der Waals surface area (Å²) in [7, 11) is 0. The molecule has 296 valence electrons. The fraction of sp³-hybridized carbons (Fsp3) is 0.0164. The van der Waals surface area contributed by atoms with Gasteiger partial charge in [0.1, 0.15) is 0 Å². The molecule has 11 aromatic rings. The van der Waals surface area contributed by atoms with Crippen LogP contribution in [-0.2, 0) is 5.41 Å². The molecule has 1 aliphatic carbocycles. The molecule has 0 atom stereocenters. The van der Waals surface area contributed by atoms with E-state index in [9.17, 15) is 0 Å². The Labute approximate surface area is 372 Å². The van der Waals surface area contributed by atoms with Gasteiger partial charge in [-0.05, 0) is 92.0 Å². The van der Waals surface area contributed by atoms with Crippen molar-refractivity contribution in [1.82, 2.24) is 0 Å². The Bertz CT molecular complexity index is 3390. The third-order valence-electron chi connectivity index (χ3n) is 13.0. The molecule has 0 spiro atoms. The lowest BCUT2D eigenvalue weighted by molar-refractivity contribution is 0.768. The van der Waals surface area contributed by atoms with Gasteiger partial charge < -0.3 is 4.90 Å². The monoisotopic (exact) mass is 819 g/mol. The van der Waals surface area contributed by atoms with Crippen molar-refractivity contribution in [3.8, 4) is 44.5 Å². The molecule has 63 heavy (non-hydrogen) atoms. The first kappa shape index (κ1) is 37.0. The third kappa shape index (κ3) is 5.98. The number of benzene rings is 10. The summed E-state index contributed by atoms with van der Waals surface area (Å²) in [6.07, 6.45) is 0. The van der Waals surface area contributed by atoms with Gasteiger partial charge in [0.25, 0.3) is 0 Å². The average Bonchev–Trinajstić information content (AvgIpc) is 3.89. The van der Waals surface area contributed by atoms with E-state index in [1.807, 2.05) is 11.3 Å². The maximum atomic E-state index is 2.49. The van der Waals surface area contributed by atoms with Crippen LogP contribution in [0.4, 0.5) is 17.1 Å². The molecule has 1 heterocycles. The number of thiophene rings is 1. The second kappa shape index (κ2) is 15.3. The number of rotatable bonds is 8. The van der Waals surface area contributed by atoms with Crippen LogP contribution >= 0.6 is 11.3 Å². The summed E-state index contributed by atoms with van der Waals surface area (Å²) in [6.45, 7) is 0. The lowest BCUT2D eigenvalue weighted by Crippen LogP contribution is -2.28. The number of fused-ring (bicyclic) bond motifs is 6. The van der Waals surface area contributed by atoms with Crippen molar-refractivity contribution in [3.63, 3.8) is 0 Å². The first-order chi connectivity index (χ1) is 31.3. The van der Waals surface area contributed by atoms with E-state index in [4.69, 9.17) is 0 Å². The number of nitrogens with zero attached hydrogens (tertiary/aromatic N) is 1. The molecule has 0 fully saturated rings. The van der Waals surface area contributed by atoms with Crippen LogP contribution in [0.15, 0.2) is 249 Å². The summed E-state index contributed by atoms with van der Waals surface area (Å²) < 4.78 is 2.61. The van der Waals surface area contributed by atoms with Crippen molar-refractivity contribution in [2.24, 2.45) is 0 Å². The van der Waals surface area contributed by atoms with Crippen molar-refractivity contribution in [3.05, 3.63) is 271 Å². The molecule has 0 N–H and O–H groups in total. The van der Waals surface area contributed by atoms with Crippen LogP contribution in [0.25, 0.3) is 64.7 Å². The highest BCUT2D eigenvalue weighted by molar-refractivity contribution is 7.26. The highest BCUT2D eigenvalue weighted by Gasteiger charge is 2.46. The molecule has 0 saturated heterocycles. The smallest absolute Gasteiger partial charge is 0.0713 e. The van der Waals surface area contributed by atoms with E-state index < -0.39 is 5.41 Å². The number of hydrogen-bond donors (Lipinski definition) is 0. The maximum Gasteiger partial charge on any atom is 0.0713 e. The third-order valence-corrected chi connectivity index (χ3v) is 14.2. The fourth-order valence-electron chi connectivity index (χ4n) is 10.3. The van der Waals surface area contributed by atoms with Crippen molar-refractivity contribution >= 4 is 48.6 Å². The molecule has 1 nitrogen and oxygen atoms in total. The van der Waals surface area contributed by atoms with Gasteiger partial charge in [-0.3, -0.25) is 0 Å². The number of hydrogen-bond acceptors (Lipinski definition) is 2. The molecule has 0 unspecified atom stereocenters. The second-order valence-electron chi connectivity index (χ2n) is 16.4. The van der Waals surface area contributed by atoms with Crippen LogP contribution in [0.3, 0.4) is 0 Å². The zero-order chi connectivity index (χ0) is 41.7. The summed E-state index contributed by atoms with van der Waals surface area (Å²) in [4.78, 5) is 2.49. The lowest BCUT2D eigenvalue weighted by atomic mass is 9.68. The van der Waals surface area contributed by atoms with Gasteiger partial charge in [0.05, 0.1) is 11.1 Å². The van der Waals surface area contributed by atoms with Gasteiger partial charge in [-0.15, -0.1) is 11.3 Å². The SMILES string of the molecule is c1ccc(-c2ccc(N(c3ccc4c(c3)-c3ccccc3C4(c3ccccc3)c3ccccc3)c3cccc(-c4cccc5c4sc4ccccc45)c3-c3ccccc3)cc2)cc1. The molecule has 0 saturated carbocycles. The van der Waals surface area contributed by atoms with E-state index >= 15 is 0 Å². The van der Waals surface area contributed by atoms with Crippen molar-refractivity contribution in [1.29, 1.82) is 0 Å². The lowest BCUT2D eigenvalue weighted by Gasteiger charge is -2.34. The Balaban J connectivity index is 1.13. The first-order valence-corrected chi connectivity index (χ1v) is 22.5. The van der Waals surface area contributed by atoms with Gasteiger partial charge in [-0.25, -0.2) is 0 Å². The highest BCUT2D eigenvalue weighted by Crippen LogP contribution is 2.58. The Hall–Kier alpha value is -7.78. The molecule has 0 radical (unpaired) electrons. The molecule has 0 bridgehead atoms. The molecule has 10 aromatic carbocycles. The molecular weight excluding hydrogens is 779 g/mol. The topological polar surface area (TPSA) is 3.24 Å². The minimum absolute atomic E-state index is 0.479. The maximum absolute atomic E-state index is 2.49. The minimum atomic E-state index is -0.479. The van der Waals surface area contributed by atoms with Crippen molar-refractivity contribution in [2.75, 3.05) is 4.90 Å². The Kier molecular flexibility index (Phi) is 8.98. The predicted molar refractivity (Wildman–Crippen MR) is 268 cm³/mol. The highest BCUT2D eigenvalue weighted by atomic mass is 32.1. The van der Waals surface area contributed by atoms with Gasteiger partial charge in [0.15, 0.2) is 0 Å². The Morgan fingerprint density at radius 2 is 0.857 bits per heavy atom. The first-order valence-electron chi connectivity index (χ1n) is 21.7.